The Morgan fingerprint density at radius 2 is 2.24 bits per heavy atom. The van der Waals surface area contributed by atoms with E-state index in [2.05, 4.69) is 31.2 Å². The summed E-state index contributed by atoms with van der Waals surface area (Å²) in [7, 11) is 0. The second kappa shape index (κ2) is 5.57. The number of pyridine rings is 1. The number of piperidine rings is 1. The van der Waals surface area contributed by atoms with Crippen LogP contribution in [0.4, 0.5) is 5.95 Å². The van der Waals surface area contributed by atoms with Gasteiger partial charge in [0.2, 0.25) is 5.95 Å². The third kappa shape index (κ3) is 2.55. The van der Waals surface area contributed by atoms with Crippen molar-refractivity contribution in [1.29, 1.82) is 0 Å². The fraction of sp³-hybridized carbons (Fsp3) is 0.600. The Balaban J connectivity index is 1.57. The van der Waals surface area contributed by atoms with Gasteiger partial charge < -0.3 is 10.2 Å². The van der Waals surface area contributed by atoms with Crippen LogP contribution in [-0.2, 0) is 0 Å². The number of hydrogen-bond donors (Lipinski definition) is 1. The highest BCUT2D eigenvalue weighted by Gasteiger charge is 2.30. The van der Waals surface area contributed by atoms with Crippen LogP contribution >= 0.6 is 15.9 Å². The molecule has 0 aromatic carbocycles. The molecule has 4 heterocycles. The van der Waals surface area contributed by atoms with Crippen molar-refractivity contribution in [2.45, 2.75) is 31.7 Å². The lowest BCUT2D eigenvalue weighted by Crippen LogP contribution is -2.44. The van der Waals surface area contributed by atoms with E-state index in [0.29, 0.717) is 6.04 Å². The summed E-state index contributed by atoms with van der Waals surface area (Å²) in [5.41, 5.74) is 0.897. The quantitative estimate of drug-likeness (QED) is 0.904. The van der Waals surface area contributed by atoms with Crippen LogP contribution in [0.3, 0.4) is 0 Å². The zero-order chi connectivity index (χ0) is 14.2. The molecule has 0 bridgehead atoms. The van der Waals surface area contributed by atoms with Crippen LogP contribution in [-0.4, -0.2) is 40.3 Å². The molecular weight excluding hydrogens is 330 g/mol. The first kappa shape index (κ1) is 13.5. The van der Waals surface area contributed by atoms with Crippen LogP contribution in [0.2, 0.25) is 0 Å². The number of nitrogens with one attached hydrogen (secondary N) is 1. The fourth-order valence-electron chi connectivity index (χ4n) is 3.63. The van der Waals surface area contributed by atoms with Gasteiger partial charge in [0.1, 0.15) is 0 Å². The van der Waals surface area contributed by atoms with Crippen molar-refractivity contribution in [3.63, 3.8) is 0 Å². The van der Waals surface area contributed by atoms with E-state index >= 15 is 0 Å². The van der Waals surface area contributed by atoms with Gasteiger partial charge in [-0.05, 0) is 66.2 Å². The standard InChI is InChI=1S/C15H20BrN5/c16-12-5-3-9-21-14(12)18-15(19-21)20-8-2-4-11(10-20)13-6-1-7-17-13/h3,5,9,11,13,17H,1-2,4,6-8,10H2. The van der Waals surface area contributed by atoms with E-state index in [9.17, 15) is 0 Å². The van der Waals surface area contributed by atoms with Gasteiger partial charge in [0, 0.05) is 25.3 Å². The van der Waals surface area contributed by atoms with Gasteiger partial charge in [0.25, 0.3) is 0 Å². The van der Waals surface area contributed by atoms with Gasteiger partial charge in [0.05, 0.1) is 4.47 Å². The van der Waals surface area contributed by atoms with E-state index in [4.69, 9.17) is 4.98 Å². The molecular formula is C15H20BrN5. The van der Waals surface area contributed by atoms with E-state index in [0.717, 1.165) is 35.1 Å². The lowest BCUT2D eigenvalue weighted by atomic mass is 9.90. The molecule has 2 saturated heterocycles. The normalized spacial score (nSPS) is 26.6. The minimum atomic E-state index is 0.691. The summed E-state index contributed by atoms with van der Waals surface area (Å²) in [5, 5.41) is 8.29. The lowest BCUT2D eigenvalue weighted by Gasteiger charge is -2.35. The highest BCUT2D eigenvalue weighted by atomic mass is 79.9. The summed E-state index contributed by atoms with van der Waals surface area (Å²) >= 11 is 3.55. The maximum absolute atomic E-state index is 4.71. The molecule has 6 heteroatoms. The summed E-state index contributed by atoms with van der Waals surface area (Å²) in [6, 6.07) is 4.68. The molecule has 1 N–H and O–H groups in total. The zero-order valence-corrected chi connectivity index (χ0v) is 13.6. The van der Waals surface area contributed by atoms with Gasteiger partial charge in [-0.1, -0.05) is 0 Å². The minimum absolute atomic E-state index is 0.691. The summed E-state index contributed by atoms with van der Waals surface area (Å²) in [4.78, 5) is 7.06. The van der Waals surface area contributed by atoms with Crippen molar-refractivity contribution in [1.82, 2.24) is 19.9 Å². The van der Waals surface area contributed by atoms with Crippen molar-refractivity contribution >= 4 is 27.5 Å². The number of fused-ring (bicyclic) bond motifs is 1. The van der Waals surface area contributed by atoms with Crippen molar-refractivity contribution in [3.05, 3.63) is 22.8 Å². The number of rotatable bonds is 2. The van der Waals surface area contributed by atoms with Gasteiger partial charge in [-0.3, -0.25) is 0 Å². The monoisotopic (exact) mass is 349 g/mol. The third-order valence-electron chi connectivity index (χ3n) is 4.71. The molecule has 2 aromatic rings. The van der Waals surface area contributed by atoms with Gasteiger partial charge in [-0.2, -0.15) is 4.98 Å². The van der Waals surface area contributed by atoms with E-state index in [-0.39, 0.29) is 0 Å². The smallest absolute Gasteiger partial charge is 0.245 e. The molecule has 2 aliphatic heterocycles. The average Bonchev–Trinajstić information content (AvgIpc) is 3.18. The number of nitrogens with zero attached hydrogens (tertiary/aromatic N) is 4. The average molecular weight is 350 g/mol. The Hall–Kier alpha value is -1.14. The predicted octanol–water partition coefficient (Wildman–Crippen LogP) is 2.46. The van der Waals surface area contributed by atoms with E-state index in [1.54, 1.807) is 0 Å². The Morgan fingerprint density at radius 1 is 1.29 bits per heavy atom. The molecule has 112 valence electrons. The second-order valence-corrected chi connectivity index (χ2v) is 6.94. The molecule has 4 rings (SSSR count). The van der Waals surface area contributed by atoms with Crippen LogP contribution in [0.1, 0.15) is 25.7 Å². The van der Waals surface area contributed by atoms with Crippen LogP contribution in [0.15, 0.2) is 22.8 Å². The van der Waals surface area contributed by atoms with E-state index in [1.807, 2.05) is 22.8 Å². The highest BCUT2D eigenvalue weighted by molar-refractivity contribution is 9.10. The fourth-order valence-corrected chi connectivity index (χ4v) is 4.05. The first-order valence-electron chi connectivity index (χ1n) is 7.80. The minimum Gasteiger partial charge on any atom is -0.339 e. The van der Waals surface area contributed by atoms with Crippen molar-refractivity contribution in [2.75, 3.05) is 24.5 Å². The first-order chi connectivity index (χ1) is 10.3. The summed E-state index contributed by atoms with van der Waals surface area (Å²) in [5.74, 6) is 1.60. The second-order valence-electron chi connectivity index (χ2n) is 6.09. The van der Waals surface area contributed by atoms with Crippen LogP contribution < -0.4 is 10.2 Å². The van der Waals surface area contributed by atoms with Gasteiger partial charge in [0.15, 0.2) is 5.65 Å². The van der Waals surface area contributed by atoms with Crippen LogP contribution in [0, 0.1) is 5.92 Å². The molecule has 2 unspecified atom stereocenters. The Bertz CT molecular complexity index is 634. The molecule has 21 heavy (non-hydrogen) atoms. The van der Waals surface area contributed by atoms with Crippen molar-refractivity contribution in [3.8, 4) is 0 Å². The largest absolute Gasteiger partial charge is 0.339 e. The number of halogens is 1. The molecule has 2 aliphatic rings. The van der Waals surface area contributed by atoms with Gasteiger partial charge >= 0.3 is 0 Å². The molecule has 2 aromatic heterocycles. The van der Waals surface area contributed by atoms with Crippen molar-refractivity contribution < 1.29 is 0 Å². The van der Waals surface area contributed by atoms with Crippen molar-refractivity contribution in [2.24, 2.45) is 5.92 Å². The maximum atomic E-state index is 4.71. The molecule has 0 radical (unpaired) electrons. The number of anilines is 1. The maximum Gasteiger partial charge on any atom is 0.245 e. The first-order valence-corrected chi connectivity index (χ1v) is 8.60. The topological polar surface area (TPSA) is 45.5 Å². The molecule has 2 atom stereocenters. The van der Waals surface area contributed by atoms with Gasteiger partial charge in [-0.15, -0.1) is 5.10 Å². The summed E-state index contributed by atoms with van der Waals surface area (Å²) in [6.45, 7) is 3.32. The lowest BCUT2D eigenvalue weighted by molar-refractivity contribution is 0.327. The van der Waals surface area contributed by atoms with E-state index < -0.39 is 0 Å². The molecule has 0 spiro atoms. The number of aromatic nitrogens is 3. The summed E-state index contributed by atoms with van der Waals surface area (Å²) < 4.78 is 2.85. The molecule has 0 saturated carbocycles. The zero-order valence-electron chi connectivity index (χ0n) is 12.0. The Morgan fingerprint density at radius 3 is 3.05 bits per heavy atom. The molecule has 0 aliphatic carbocycles. The van der Waals surface area contributed by atoms with Crippen LogP contribution in [0.5, 0.6) is 0 Å². The highest BCUT2D eigenvalue weighted by Crippen LogP contribution is 2.27. The van der Waals surface area contributed by atoms with Gasteiger partial charge in [-0.25, -0.2) is 4.52 Å². The molecule has 0 amide bonds. The predicted molar refractivity (Wildman–Crippen MR) is 86.6 cm³/mol. The SMILES string of the molecule is Brc1cccn2nc(N3CCCC(C4CCCN4)C3)nc12. The van der Waals surface area contributed by atoms with Crippen LogP contribution in [0.25, 0.3) is 5.65 Å². The Kier molecular flexibility index (Phi) is 3.59. The molecule has 2 fully saturated rings. The Labute approximate surface area is 132 Å². The summed E-state index contributed by atoms with van der Waals surface area (Å²) in [6.07, 6.45) is 7.16. The third-order valence-corrected chi connectivity index (χ3v) is 5.33. The number of hydrogen-bond acceptors (Lipinski definition) is 4. The van der Waals surface area contributed by atoms with E-state index in [1.165, 1.54) is 32.2 Å². The molecule has 5 nitrogen and oxygen atoms in total.